The summed E-state index contributed by atoms with van der Waals surface area (Å²) >= 11 is 0. The molecule has 2 aromatic rings. The molecule has 7 nitrogen and oxygen atoms in total. The Labute approximate surface area is 247 Å². The molecule has 0 spiro atoms. The molecule has 2 fully saturated rings. The van der Waals surface area contributed by atoms with E-state index in [1.165, 1.54) is 7.11 Å². The van der Waals surface area contributed by atoms with E-state index in [0.717, 1.165) is 61.0 Å². The molecule has 2 heterocycles. The third kappa shape index (κ3) is 5.57. The first-order valence-electron chi connectivity index (χ1n) is 15.3. The Bertz CT molecular complexity index is 1440. The van der Waals surface area contributed by atoms with Gasteiger partial charge in [0.2, 0.25) is 5.91 Å². The van der Waals surface area contributed by atoms with Gasteiger partial charge in [-0.2, -0.15) is 0 Å². The third-order valence-electron chi connectivity index (χ3n) is 9.15. The van der Waals surface area contributed by atoms with E-state index < -0.39 is 0 Å². The minimum atomic E-state index is -0.367. The van der Waals surface area contributed by atoms with Gasteiger partial charge in [-0.25, -0.2) is 0 Å². The number of ether oxygens (including phenoxy) is 1. The molecule has 2 aliphatic heterocycles. The first-order valence-corrected chi connectivity index (χ1v) is 15.3. The molecule has 0 bridgehead atoms. The summed E-state index contributed by atoms with van der Waals surface area (Å²) in [4.78, 5) is 48.4. The molecule has 218 valence electrons. The van der Waals surface area contributed by atoms with Crippen LogP contribution in [0.4, 0.5) is 5.69 Å². The average molecular weight is 566 g/mol. The highest BCUT2D eigenvalue weighted by atomic mass is 16.5. The number of benzene rings is 2. The standard InChI is InChI=1S/C35H39N3O4/c1-23-7-6-22-36-29(19-12-23)24-13-15-25(16-14-24)35(41)38-30-10-4-3-8-27(30)34(28-9-5-11-31(28)38)37(26-17-18-26)32(39)20-21-33(40)42-2/h3-4,6-8,10,13-16,19,22-23,26,28,31,34H,5,9,11-12,17-18,20-21H2,1-2H3/b7-6-,29-19+,36-22+. The van der Waals surface area contributed by atoms with E-state index in [1.807, 2.05) is 59.7 Å². The molecule has 0 radical (unpaired) electrons. The monoisotopic (exact) mass is 565 g/mol. The Morgan fingerprint density at radius 2 is 1.79 bits per heavy atom. The van der Waals surface area contributed by atoms with Crippen LogP contribution in [-0.4, -0.2) is 48.1 Å². The van der Waals surface area contributed by atoms with E-state index in [1.54, 1.807) is 0 Å². The fourth-order valence-corrected chi connectivity index (χ4v) is 6.93. The molecule has 0 aromatic heterocycles. The Kier molecular flexibility index (Phi) is 8.09. The average Bonchev–Trinajstić information content (AvgIpc) is 3.72. The normalized spacial score (nSPS) is 27.4. The van der Waals surface area contributed by atoms with Crippen molar-refractivity contribution < 1.29 is 19.1 Å². The third-order valence-corrected chi connectivity index (χ3v) is 9.15. The van der Waals surface area contributed by atoms with Crippen molar-refractivity contribution in [2.24, 2.45) is 16.8 Å². The highest BCUT2D eigenvalue weighted by molar-refractivity contribution is 6.07. The molecule has 7 heteroatoms. The van der Waals surface area contributed by atoms with Crippen molar-refractivity contribution in [2.45, 2.75) is 76.4 Å². The number of hydrogen-bond acceptors (Lipinski definition) is 5. The Morgan fingerprint density at radius 1 is 1.00 bits per heavy atom. The fraction of sp³-hybridized carbons (Fsp3) is 0.429. The molecule has 2 saturated carbocycles. The van der Waals surface area contributed by atoms with Crippen LogP contribution >= 0.6 is 0 Å². The largest absolute Gasteiger partial charge is 0.469 e. The molecule has 2 aromatic carbocycles. The number of esters is 1. The lowest BCUT2D eigenvalue weighted by atomic mass is 9.81. The van der Waals surface area contributed by atoms with Crippen LogP contribution in [0.3, 0.4) is 0 Å². The number of amides is 2. The van der Waals surface area contributed by atoms with Gasteiger partial charge in [0.15, 0.2) is 0 Å². The Balaban J connectivity index is 1.31. The van der Waals surface area contributed by atoms with Gasteiger partial charge in [0.1, 0.15) is 0 Å². The molecule has 0 saturated heterocycles. The lowest BCUT2D eigenvalue weighted by molar-refractivity contribution is -0.145. The van der Waals surface area contributed by atoms with Crippen LogP contribution in [0.15, 0.2) is 71.8 Å². The second-order valence-electron chi connectivity index (χ2n) is 12.0. The molecular weight excluding hydrogens is 526 g/mol. The first-order chi connectivity index (χ1) is 20.5. The SMILES string of the molecule is COC(=O)CCC(=O)N(C1CC1)C1c2ccccc2N(C(=O)c2ccc(C3=C/CC(C)\C=C/C=N/3)cc2)C2CCCC21. The van der Waals surface area contributed by atoms with Gasteiger partial charge in [-0.05, 0) is 73.4 Å². The van der Waals surface area contributed by atoms with Crippen molar-refractivity contribution in [1.82, 2.24) is 4.90 Å². The number of carbonyl (C=O) groups excluding carboxylic acids is 3. The van der Waals surface area contributed by atoms with Crippen LogP contribution in [0, 0.1) is 11.8 Å². The Morgan fingerprint density at radius 3 is 2.55 bits per heavy atom. The first kappa shape index (κ1) is 28.1. The van der Waals surface area contributed by atoms with Gasteiger partial charge in [0.25, 0.3) is 5.91 Å². The van der Waals surface area contributed by atoms with Gasteiger partial charge >= 0.3 is 5.97 Å². The smallest absolute Gasteiger partial charge is 0.306 e. The number of carbonyl (C=O) groups is 3. The number of hydrogen-bond donors (Lipinski definition) is 0. The summed E-state index contributed by atoms with van der Waals surface area (Å²) in [5.41, 5.74) is 4.48. The van der Waals surface area contributed by atoms with Crippen molar-refractivity contribution in [3.63, 3.8) is 0 Å². The van der Waals surface area contributed by atoms with E-state index in [0.29, 0.717) is 11.5 Å². The van der Waals surface area contributed by atoms with Crippen LogP contribution < -0.4 is 4.90 Å². The van der Waals surface area contributed by atoms with Gasteiger partial charge in [0.05, 0.1) is 25.3 Å². The quantitative estimate of drug-likeness (QED) is 0.359. The predicted molar refractivity (Wildman–Crippen MR) is 164 cm³/mol. The lowest BCUT2D eigenvalue weighted by Gasteiger charge is -2.48. The number of anilines is 1. The zero-order valence-corrected chi connectivity index (χ0v) is 24.4. The highest BCUT2D eigenvalue weighted by Gasteiger charge is 2.51. The van der Waals surface area contributed by atoms with E-state index in [-0.39, 0.29) is 54.7 Å². The number of rotatable bonds is 7. The fourth-order valence-electron chi connectivity index (χ4n) is 6.93. The van der Waals surface area contributed by atoms with Gasteiger partial charge in [0, 0.05) is 41.9 Å². The predicted octanol–water partition coefficient (Wildman–Crippen LogP) is 6.51. The summed E-state index contributed by atoms with van der Waals surface area (Å²) < 4.78 is 4.80. The summed E-state index contributed by atoms with van der Waals surface area (Å²) in [6.45, 7) is 2.19. The zero-order valence-electron chi connectivity index (χ0n) is 24.4. The van der Waals surface area contributed by atoms with Crippen LogP contribution in [-0.2, 0) is 14.3 Å². The van der Waals surface area contributed by atoms with Crippen LogP contribution in [0.2, 0.25) is 0 Å². The molecule has 4 aliphatic rings. The number of fused-ring (bicyclic) bond motifs is 2. The number of allylic oxidation sites excluding steroid dienone is 3. The van der Waals surface area contributed by atoms with Gasteiger partial charge in [-0.1, -0.05) is 55.8 Å². The van der Waals surface area contributed by atoms with Crippen molar-refractivity contribution >= 4 is 35.4 Å². The minimum absolute atomic E-state index is 0.000201. The molecule has 42 heavy (non-hydrogen) atoms. The van der Waals surface area contributed by atoms with Gasteiger partial charge < -0.3 is 14.5 Å². The van der Waals surface area contributed by atoms with Crippen molar-refractivity contribution in [3.8, 4) is 0 Å². The second-order valence-corrected chi connectivity index (χ2v) is 12.0. The van der Waals surface area contributed by atoms with Crippen molar-refractivity contribution in [3.05, 3.63) is 83.4 Å². The van der Waals surface area contributed by atoms with Crippen molar-refractivity contribution in [1.29, 1.82) is 0 Å². The van der Waals surface area contributed by atoms with Gasteiger partial charge in [-0.3, -0.25) is 19.4 Å². The second kappa shape index (κ2) is 12.1. The summed E-state index contributed by atoms with van der Waals surface area (Å²) in [5, 5.41) is 0. The Hall–Kier alpha value is -4.00. The highest BCUT2D eigenvalue weighted by Crippen LogP contribution is 2.53. The lowest BCUT2D eigenvalue weighted by Crippen LogP contribution is -2.52. The van der Waals surface area contributed by atoms with E-state index >= 15 is 0 Å². The number of nitrogens with zero attached hydrogens (tertiary/aromatic N) is 3. The number of para-hydroxylation sites is 1. The molecule has 2 aliphatic carbocycles. The van der Waals surface area contributed by atoms with Crippen LogP contribution in [0.1, 0.15) is 85.8 Å². The summed E-state index contributed by atoms with van der Waals surface area (Å²) in [5.74, 6) is 0.226. The van der Waals surface area contributed by atoms with E-state index in [9.17, 15) is 14.4 Å². The topological polar surface area (TPSA) is 79.3 Å². The molecule has 4 atom stereocenters. The van der Waals surface area contributed by atoms with E-state index in [4.69, 9.17) is 4.74 Å². The number of methoxy groups -OCH3 is 1. The summed E-state index contributed by atoms with van der Waals surface area (Å²) in [7, 11) is 1.35. The molecule has 2 amide bonds. The van der Waals surface area contributed by atoms with E-state index in [2.05, 4.69) is 35.0 Å². The summed E-state index contributed by atoms with van der Waals surface area (Å²) in [6.07, 6.45) is 14.1. The molecule has 6 rings (SSSR count). The van der Waals surface area contributed by atoms with Crippen LogP contribution in [0.25, 0.3) is 5.70 Å². The van der Waals surface area contributed by atoms with Gasteiger partial charge in [-0.15, -0.1) is 0 Å². The zero-order chi connectivity index (χ0) is 29.2. The van der Waals surface area contributed by atoms with Crippen LogP contribution in [0.5, 0.6) is 0 Å². The summed E-state index contributed by atoms with van der Waals surface area (Å²) in [6, 6.07) is 16.0. The molecule has 0 N–H and O–H groups in total. The minimum Gasteiger partial charge on any atom is -0.469 e. The molecular formula is C35H39N3O4. The maximum absolute atomic E-state index is 14.2. The number of aliphatic imine (C=N–C) groups is 1. The van der Waals surface area contributed by atoms with Crippen molar-refractivity contribution in [2.75, 3.05) is 12.0 Å². The maximum Gasteiger partial charge on any atom is 0.306 e. The molecule has 4 unspecified atom stereocenters. The maximum atomic E-state index is 14.2.